The number of rotatable bonds is 3. The number of carbonyl (C=O) groups is 1. The Morgan fingerprint density at radius 1 is 1.13 bits per heavy atom. The molecule has 23 heavy (non-hydrogen) atoms. The molecule has 1 aliphatic heterocycles. The van der Waals surface area contributed by atoms with Gasteiger partial charge in [0.2, 0.25) is 0 Å². The van der Waals surface area contributed by atoms with E-state index in [4.69, 9.17) is 0 Å². The normalized spacial score (nSPS) is 15.9. The van der Waals surface area contributed by atoms with Crippen LogP contribution < -0.4 is 0 Å². The van der Waals surface area contributed by atoms with E-state index in [1.54, 1.807) is 0 Å². The van der Waals surface area contributed by atoms with Crippen molar-refractivity contribution in [2.45, 2.75) is 20.8 Å². The van der Waals surface area contributed by atoms with Crippen LogP contribution in [0, 0.1) is 13.8 Å². The Hall–Kier alpha value is -2.14. The number of likely N-dealkylation sites (N-methyl/N-ethyl adjacent to an activating group) is 1. The first kappa shape index (κ1) is 15.7. The summed E-state index contributed by atoms with van der Waals surface area (Å²) in [5.74, 6) is 0.0448. The zero-order valence-corrected chi connectivity index (χ0v) is 14.1. The van der Waals surface area contributed by atoms with Crippen LogP contribution in [0.25, 0.3) is 11.3 Å². The highest BCUT2D eigenvalue weighted by Crippen LogP contribution is 2.21. The fraction of sp³-hybridized carbons (Fsp3) is 0.444. The molecule has 1 aromatic heterocycles. The molecule has 2 aromatic rings. The van der Waals surface area contributed by atoms with Crippen molar-refractivity contribution in [2.75, 3.05) is 32.7 Å². The molecule has 0 radical (unpaired) electrons. The van der Waals surface area contributed by atoms with Crippen LogP contribution in [-0.2, 0) is 0 Å². The highest BCUT2D eigenvalue weighted by atomic mass is 16.2. The average Bonchev–Trinajstić information content (AvgIpc) is 3.07. The molecule has 1 aromatic carbocycles. The third-order valence-corrected chi connectivity index (χ3v) is 4.72. The summed E-state index contributed by atoms with van der Waals surface area (Å²) in [4.78, 5) is 16.9. The quantitative estimate of drug-likeness (QED) is 0.947. The fourth-order valence-electron chi connectivity index (χ4n) is 2.92. The lowest BCUT2D eigenvalue weighted by molar-refractivity contribution is 0.0637. The number of aryl methyl sites for hydroxylation is 2. The second-order valence-corrected chi connectivity index (χ2v) is 6.19. The largest absolute Gasteiger partial charge is 0.335 e. The van der Waals surface area contributed by atoms with E-state index in [0.717, 1.165) is 44.0 Å². The van der Waals surface area contributed by atoms with Gasteiger partial charge in [0.05, 0.1) is 5.69 Å². The van der Waals surface area contributed by atoms with Crippen LogP contribution >= 0.6 is 0 Å². The number of benzene rings is 1. The van der Waals surface area contributed by atoms with Crippen molar-refractivity contribution < 1.29 is 4.79 Å². The summed E-state index contributed by atoms with van der Waals surface area (Å²) < 4.78 is 0. The van der Waals surface area contributed by atoms with Gasteiger partial charge in [0.15, 0.2) is 0 Å². The number of carbonyl (C=O) groups excluding carboxylic acids is 1. The molecule has 0 saturated carbocycles. The maximum atomic E-state index is 12.6. The Kier molecular flexibility index (Phi) is 4.48. The van der Waals surface area contributed by atoms with Gasteiger partial charge in [-0.25, -0.2) is 0 Å². The summed E-state index contributed by atoms with van der Waals surface area (Å²) >= 11 is 0. The fourth-order valence-corrected chi connectivity index (χ4v) is 2.92. The zero-order chi connectivity index (χ0) is 16.4. The van der Waals surface area contributed by atoms with E-state index in [0.29, 0.717) is 5.69 Å². The van der Waals surface area contributed by atoms with Gasteiger partial charge >= 0.3 is 0 Å². The number of H-pyrrole nitrogens is 1. The molecule has 5 nitrogen and oxygen atoms in total. The van der Waals surface area contributed by atoms with Gasteiger partial charge in [0, 0.05) is 31.7 Å². The van der Waals surface area contributed by atoms with E-state index in [1.165, 1.54) is 11.1 Å². The third-order valence-electron chi connectivity index (χ3n) is 4.72. The summed E-state index contributed by atoms with van der Waals surface area (Å²) in [7, 11) is 0. The standard InChI is InChI=1S/C18H24N4O/c1-4-21-7-9-22(10-8-21)18(23)17-12-16(19-20-17)15-6-5-13(2)14(3)11-15/h5-6,11-12H,4,7-10H2,1-3H3,(H,19,20). The second kappa shape index (κ2) is 6.54. The maximum Gasteiger partial charge on any atom is 0.271 e. The highest BCUT2D eigenvalue weighted by Gasteiger charge is 2.22. The first-order valence-corrected chi connectivity index (χ1v) is 8.23. The molecular weight excluding hydrogens is 288 g/mol. The summed E-state index contributed by atoms with van der Waals surface area (Å²) in [6.07, 6.45) is 0. The van der Waals surface area contributed by atoms with E-state index in [2.05, 4.69) is 48.0 Å². The second-order valence-electron chi connectivity index (χ2n) is 6.19. The minimum absolute atomic E-state index is 0.0448. The van der Waals surface area contributed by atoms with Crippen LogP contribution in [0.3, 0.4) is 0 Å². The summed E-state index contributed by atoms with van der Waals surface area (Å²) in [5.41, 5.74) is 4.93. The predicted molar refractivity (Wildman–Crippen MR) is 91.5 cm³/mol. The SMILES string of the molecule is CCN1CCN(C(=O)c2cc(-c3ccc(C)c(C)c3)n[nH]2)CC1. The molecule has 122 valence electrons. The molecule has 5 heteroatoms. The molecular formula is C18H24N4O. The van der Waals surface area contributed by atoms with Gasteiger partial charge in [-0.05, 0) is 43.7 Å². The van der Waals surface area contributed by atoms with Crippen molar-refractivity contribution in [2.24, 2.45) is 0 Å². The maximum absolute atomic E-state index is 12.6. The summed E-state index contributed by atoms with van der Waals surface area (Å²) in [5, 5.41) is 7.23. The number of aromatic nitrogens is 2. The van der Waals surface area contributed by atoms with Crippen molar-refractivity contribution in [1.29, 1.82) is 0 Å². The van der Waals surface area contributed by atoms with Crippen LogP contribution in [-0.4, -0.2) is 58.6 Å². The molecule has 1 saturated heterocycles. The molecule has 2 heterocycles. The Morgan fingerprint density at radius 2 is 1.87 bits per heavy atom. The summed E-state index contributed by atoms with van der Waals surface area (Å²) in [6.45, 7) is 10.8. The number of amides is 1. The van der Waals surface area contributed by atoms with Crippen molar-refractivity contribution in [1.82, 2.24) is 20.0 Å². The van der Waals surface area contributed by atoms with Crippen LogP contribution in [0.15, 0.2) is 24.3 Å². The lowest BCUT2D eigenvalue weighted by atomic mass is 10.0. The minimum Gasteiger partial charge on any atom is -0.335 e. The lowest BCUT2D eigenvalue weighted by Gasteiger charge is -2.33. The van der Waals surface area contributed by atoms with E-state index < -0.39 is 0 Å². The predicted octanol–water partition coefficient (Wildman–Crippen LogP) is 2.47. The smallest absolute Gasteiger partial charge is 0.271 e. The number of aromatic amines is 1. The zero-order valence-electron chi connectivity index (χ0n) is 14.1. The molecule has 3 rings (SSSR count). The van der Waals surface area contributed by atoms with Gasteiger partial charge in [-0.15, -0.1) is 0 Å². The molecule has 1 fully saturated rings. The van der Waals surface area contributed by atoms with Crippen molar-refractivity contribution in [3.63, 3.8) is 0 Å². The van der Waals surface area contributed by atoms with E-state index in [1.807, 2.05) is 17.0 Å². The van der Waals surface area contributed by atoms with Crippen molar-refractivity contribution >= 4 is 5.91 Å². The van der Waals surface area contributed by atoms with Crippen LogP contribution in [0.4, 0.5) is 0 Å². The number of hydrogen-bond donors (Lipinski definition) is 1. The first-order valence-electron chi connectivity index (χ1n) is 8.23. The summed E-state index contributed by atoms with van der Waals surface area (Å²) in [6, 6.07) is 8.11. The van der Waals surface area contributed by atoms with Crippen LogP contribution in [0.5, 0.6) is 0 Å². The monoisotopic (exact) mass is 312 g/mol. The number of nitrogens with one attached hydrogen (secondary N) is 1. The number of hydrogen-bond acceptors (Lipinski definition) is 3. The molecule has 0 bridgehead atoms. The first-order chi connectivity index (χ1) is 11.1. The molecule has 0 spiro atoms. The van der Waals surface area contributed by atoms with Crippen LogP contribution in [0.1, 0.15) is 28.5 Å². The van der Waals surface area contributed by atoms with E-state index >= 15 is 0 Å². The van der Waals surface area contributed by atoms with Gasteiger partial charge in [-0.2, -0.15) is 5.10 Å². The Morgan fingerprint density at radius 3 is 2.52 bits per heavy atom. The van der Waals surface area contributed by atoms with Gasteiger partial charge < -0.3 is 9.80 Å². The Bertz CT molecular complexity index is 699. The highest BCUT2D eigenvalue weighted by molar-refractivity contribution is 5.93. The Balaban J connectivity index is 1.74. The molecule has 0 unspecified atom stereocenters. The molecule has 1 aliphatic rings. The van der Waals surface area contributed by atoms with Crippen LogP contribution in [0.2, 0.25) is 0 Å². The Labute approximate surface area is 137 Å². The molecule has 0 aliphatic carbocycles. The number of nitrogens with zero attached hydrogens (tertiary/aromatic N) is 3. The number of piperazine rings is 1. The lowest BCUT2D eigenvalue weighted by Crippen LogP contribution is -2.48. The van der Waals surface area contributed by atoms with E-state index in [-0.39, 0.29) is 5.91 Å². The molecule has 1 N–H and O–H groups in total. The van der Waals surface area contributed by atoms with Gasteiger partial charge in [0.1, 0.15) is 5.69 Å². The van der Waals surface area contributed by atoms with Gasteiger partial charge in [0.25, 0.3) is 5.91 Å². The molecule has 0 atom stereocenters. The molecule has 1 amide bonds. The topological polar surface area (TPSA) is 52.2 Å². The van der Waals surface area contributed by atoms with Crippen molar-refractivity contribution in [3.05, 3.63) is 41.1 Å². The average molecular weight is 312 g/mol. The van der Waals surface area contributed by atoms with E-state index in [9.17, 15) is 4.79 Å². The van der Waals surface area contributed by atoms with Gasteiger partial charge in [-0.3, -0.25) is 9.89 Å². The minimum atomic E-state index is 0.0448. The third kappa shape index (κ3) is 3.29. The van der Waals surface area contributed by atoms with Crippen molar-refractivity contribution in [3.8, 4) is 11.3 Å². The van der Waals surface area contributed by atoms with Gasteiger partial charge in [-0.1, -0.05) is 19.1 Å².